The first-order valence-electron chi connectivity index (χ1n) is 5.35. The van der Waals surface area contributed by atoms with E-state index in [1.807, 2.05) is 0 Å². The third-order valence-electron chi connectivity index (χ3n) is 3.07. The maximum Gasteiger partial charge on any atom is 0.250 e. The number of ether oxygens (including phenoxy) is 1. The molecule has 4 heteroatoms. The predicted molar refractivity (Wildman–Crippen MR) is 61.5 cm³/mol. The summed E-state index contributed by atoms with van der Waals surface area (Å²) in [5, 5.41) is 2.86. The lowest BCUT2D eigenvalue weighted by Crippen LogP contribution is -2.45. The number of methoxy groups -OCH3 is 1. The maximum absolute atomic E-state index is 11.6. The Morgan fingerprint density at radius 2 is 2.00 bits per heavy atom. The number of rotatable bonds is 6. The van der Waals surface area contributed by atoms with Gasteiger partial charge < -0.3 is 15.8 Å². The Morgan fingerprint density at radius 3 is 2.33 bits per heavy atom. The molecule has 0 spiro atoms. The van der Waals surface area contributed by atoms with Crippen LogP contribution in [0.4, 0.5) is 0 Å². The summed E-state index contributed by atoms with van der Waals surface area (Å²) >= 11 is 0. The number of carbonyl (C=O) groups excluding carboxylic acids is 1. The largest absolute Gasteiger partial charge is 0.370 e. The van der Waals surface area contributed by atoms with Crippen LogP contribution in [0.2, 0.25) is 0 Å². The van der Waals surface area contributed by atoms with Crippen molar-refractivity contribution in [1.82, 2.24) is 5.32 Å². The van der Waals surface area contributed by atoms with E-state index in [4.69, 9.17) is 10.5 Å². The number of nitrogens with two attached hydrogens (primary N) is 1. The van der Waals surface area contributed by atoms with E-state index < -0.39 is 6.10 Å². The molecule has 15 heavy (non-hydrogen) atoms. The molecule has 0 radical (unpaired) electrons. The molecule has 0 fully saturated rings. The number of hydrogen-bond acceptors (Lipinski definition) is 3. The van der Waals surface area contributed by atoms with Gasteiger partial charge in [0.05, 0.1) is 0 Å². The molecule has 3 N–H and O–H groups in total. The molecule has 0 aliphatic heterocycles. The van der Waals surface area contributed by atoms with Crippen LogP contribution in [0, 0.1) is 11.3 Å². The standard InChI is InChI=1S/C11H24N2O2/c1-8(2)11(3,4)7-13-10(14)9(6-12)15-5/h8-9H,6-7,12H2,1-5H3,(H,13,14). The monoisotopic (exact) mass is 216 g/mol. The van der Waals surface area contributed by atoms with Crippen LogP contribution < -0.4 is 11.1 Å². The van der Waals surface area contributed by atoms with Gasteiger partial charge in [0.15, 0.2) is 0 Å². The predicted octanol–water partition coefficient (Wildman–Crippen LogP) is 0.759. The number of hydrogen-bond donors (Lipinski definition) is 2. The van der Waals surface area contributed by atoms with Gasteiger partial charge in [0, 0.05) is 20.2 Å². The van der Waals surface area contributed by atoms with Crippen LogP contribution in [0.25, 0.3) is 0 Å². The minimum atomic E-state index is -0.534. The Balaban J connectivity index is 4.10. The highest BCUT2D eigenvalue weighted by Gasteiger charge is 2.24. The molecular formula is C11H24N2O2. The van der Waals surface area contributed by atoms with Gasteiger partial charge in [0.1, 0.15) is 6.10 Å². The lowest BCUT2D eigenvalue weighted by Gasteiger charge is -2.30. The zero-order valence-electron chi connectivity index (χ0n) is 10.5. The van der Waals surface area contributed by atoms with E-state index in [1.54, 1.807) is 0 Å². The smallest absolute Gasteiger partial charge is 0.250 e. The Kier molecular flexibility index (Phi) is 5.83. The Labute approximate surface area is 92.6 Å². The Morgan fingerprint density at radius 1 is 1.47 bits per heavy atom. The van der Waals surface area contributed by atoms with Crippen LogP contribution >= 0.6 is 0 Å². The van der Waals surface area contributed by atoms with Crippen molar-refractivity contribution in [1.29, 1.82) is 0 Å². The van der Waals surface area contributed by atoms with Crippen LogP contribution in [0.15, 0.2) is 0 Å². The maximum atomic E-state index is 11.6. The zero-order chi connectivity index (χ0) is 12.1. The molecule has 90 valence electrons. The van der Waals surface area contributed by atoms with E-state index in [0.29, 0.717) is 12.5 Å². The highest BCUT2D eigenvalue weighted by atomic mass is 16.5. The van der Waals surface area contributed by atoms with Gasteiger partial charge in [-0.15, -0.1) is 0 Å². The molecular weight excluding hydrogens is 192 g/mol. The first kappa shape index (κ1) is 14.4. The third kappa shape index (κ3) is 4.62. The van der Waals surface area contributed by atoms with E-state index in [9.17, 15) is 4.79 Å². The van der Waals surface area contributed by atoms with Gasteiger partial charge in [0.2, 0.25) is 5.91 Å². The molecule has 0 saturated carbocycles. The SMILES string of the molecule is COC(CN)C(=O)NCC(C)(C)C(C)C. The quantitative estimate of drug-likeness (QED) is 0.689. The first-order valence-corrected chi connectivity index (χ1v) is 5.35. The van der Waals surface area contributed by atoms with Crippen LogP contribution in [-0.4, -0.2) is 32.2 Å². The van der Waals surface area contributed by atoms with E-state index in [2.05, 4.69) is 33.0 Å². The molecule has 0 aromatic carbocycles. The van der Waals surface area contributed by atoms with Crippen molar-refractivity contribution in [3.8, 4) is 0 Å². The van der Waals surface area contributed by atoms with Crippen molar-refractivity contribution in [2.24, 2.45) is 17.1 Å². The van der Waals surface area contributed by atoms with Crippen molar-refractivity contribution in [3.63, 3.8) is 0 Å². The Hall–Kier alpha value is -0.610. The summed E-state index contributed by atoms with van der Waals surface area (Å²) in [6.07, 6.45) is -0.534. The summed E-state index contributed by atoms with van der Waals surface area (Å²) in [4.78, 5) is 11.6. The van der Waals surface area contributed by atoms with E-state index in [1.165, 1.54) is 7.11 Å². The minimum Gasteiger partial charge on any atom is -0.370 e. The molecule has 1 atom stereocenters. The van der Waals surface area contributed by atoms with Gasteiger partial charge >= 0.3 is 0 Å². The second-order valence-electron chi connectivity index (χ2n) is 4.82. The molecule has 1 amide bonds. The van der Waals surface area contributed by atoms with E-state index >= 15 is 0 Å². The van der Waals surface area contributed by atoms with Crippen LogP contribution in [0.5, 0.6) is 0 Å². The highest BCUT2D eigenvalue weighted by Crippen LogP contribution is 2.24. The van der Waals surface area contributed by atoms with Crippen molar-refractivity contribution in [2.45, 2.75) is 33.8 Å². The second kappa shape index (κ2) is 6.08. The van der Waals surface area contributed by atoms with Gasteiger partial charge in [-0.3, -0.25) is 4.79 Å². The minimum absolute atomic E-state index is 0.0859. The molecule has 0 aliphatic carbocycles. The molecule has 0 rings (SSSR count). The molecule has 0 saturated heterocycles. The summed E-state index contributed by atoms with van der Waals surface area (Å²) < 4.78 is 4.95. The average molecular weight is 216 g/mol. The van der Waals surface area contributed by atoms with E-state index in [-0.39, 0.29) is 17.9 Å². The van der Waals surface area contributed by atoms with Gasteiger partial charge in [-0.25, -0.2) is 0 Å². The van der Waals surface area contributed by atoms with Crippen molar-refractivity contribution in [3.05, 3.63) is 0 Å². The molecule has 0 heterocycles. The fraction of sp³-hybridized carbons (Fsp3) is 0.909. The fourth-order valence-corrected chi connectivity index (χ4v) is 0.943. The molecule has 0 aromatic heterocycles. The summed E-state index contributed by atoms with van der Waals surface area (Å²) in [5.74, 6) is 0.380. The van der Waals surface area contributed by atoms with Crippen LogP contribution in [0.3, 0.4) is 0 Å². The molecule has 4 nitrogen and oxygen atoms in total. The van der Waals surface area contributed by atoms with E-state index in [0.717, 1.165) is 0 Å². The number of amides is 1. The molecule has 0 aromatic rings. The van der Waals surface area contributed by atoms with Crippen molar-refractivity contribution >= 4 is 5.91 Å². The number of carbonyl (C=O) groups is 1. The molecule has 1 unspecified atom stereocenters. The lowest BCUT2D eigenvalue weighted by atomic mass is 9.81. The normalized spacial score (nSPS) is 14.1. The van der Waals surface area contributed by atoms with Gasteiger partial charge in [-0.1, -0.05) is 27.7 Å². The summed E-state index contributed by atoms with van der Waals surface area (Å²) in [5.41, 5.74) is 5.48. The van der Waals surface area contributed by atoms with Crippen LogP contribution in [0.1, 0.15) is 27.7 Å². The topological polar surface area (TPSA) is 64.3 Å². The third-order valence-corrected chi connectivity index (χ3v) is 3.07. The average Bonchev–Trinajstić information content (AvgIpc) is 2.16. The fourth-order valence-electron chi connectivity index (χ4n) is 0.943. The molecule has 0 aliphatic rings. The summed E-state index contributed by atoms with van der Waals surface area (Å²) in [7, 11) is 1.49. The van der Waals surface area contributed by atoms with Crippen LogP contribution in [-0.2, 0) is 9.53 Å². The van der Waals surface area contributed by atoms with Gasteiger partial charge in [0.25, 0.3) is 0 Å². The van der Waals surface area contributed by atoms with Gasteiger partial charge in [-0.05, 0) is 11.3 Å². The van der Waals surface area contributed by atoms with Crippen molar-refractivity contribution in [2.75, 3.05) is 20.2 Å². The van der Waals surface area contributed by atoms with Crippen molar-refractivity contribution < 1.29 is 9.53 Å². The Bertz CT molecular complexity index is 199. The second-order valence-corrected chi connectivity index (χ2v) is 4.82. The highest BCUT2D eigenvalue weighted by molar-refractivity contribution is 5.81. The lowest BCUT2D eigenvalue weighted by molar-refractivity contribution is -0.131. The summed E-state index contributed by atoms with van der Waals surface area (Å²) in [6.45, 7) is 9.39. The van der Waals surface area contributed by atoms with Gasteiger partial charge in [-0.2, -0.15) is 0 Å². The number of nitrogens with one attached hydrogen (secondary N) is 1. The molecule has 0 bridgehead atoms. The summed E-state index contributed by atoms with van der Waals surface area (Å²) in [6, 6.07) is 0. The zero-order valence-corrected chi connectivity index (χ0v) is 10.5. The first-order chi connectivity index (χ1) is 6.85.